The Morgan fingerprint density at radius 1 is 1.42 bits per heavy atom. The van der Waals surface area contributed by atoms with Crippen LogP contribution in [0.5, 0.6) is 5.75 Å². The molecule has 0 aliphatic carbocycles. The van der Waals surface area contributed by atoms with Crippen molar-refractivity contribution in [2.24, 2.45) is 5.73 Å². The quantitative estimate of drug-likeness (QED) is 0.813. The van der Waals surface area contributed by atoms with Gasteiger partial charge in [0.15, 0.2) is 0 Å². The molecule has 1 rings (SSSR count). The van der Waals surface area contributed by atoms with E-state index in [-0.39, 0.29) is 6.61 Å². The number of rotatable bonds is 6. The molecule has 0 aliphatic rings. The van der Waals surface area contributed by atoms with Gasteiger partial charge in [0.2, 0.25) is 6.17 Å². The van der Waals surface area contributed by atoms with Crippen LogP contribution in [-0.2, 0) is 9.53 Å². The lowest BCUT2D eigenvalue weighted by Gasteiger charge is -2.19. The summed E-state index contributed by atoms with van der Waals surface area (Å²) in [7, 11) is 0. The van der Waals surface area contributed by atoms with Crippen molar-refractivity contribution in [3.8, 4) is 5.75 Å². The standard InChI is InChI=1S/C13H17BrFNO3/c1-3-18-10-6-5-8(14)7-9(10)12(16)11(15)13(17)19-4-2/h5-7,11-12H,3-4,16H2,1-2H3/t11?,12-/m0/s1. The van der Waals surface area contributed by atoms with Gasteiger partial charge in [0.1, 0.15) is 5.75 Å². The summed E-state index contributed by atoms with van der Waals surface area (Å²) in [6, 6.07) is 3.96. The van der Waals surface area contributed by atoms with Crippen LogP contribution in [0.1, 0.15) is 25.5 Å². The number of alkyl halides is 1. The molecule has 0 aromatic heterocycles. The first-order valence-corrected chi connectivity index (χ1v) is 6.79. The fourth-order valence-electron chi connectivity index (χ4n) is 1.59. The second-order valence-corrected chi connectivity index (χ2v) is 4.71. The van der Waals surface area contributed by atoms with Gasteiger partial charge < -0.3 is 15.2 Å². The first-order valence-electron chi connectivity index (χ1n) is 5.99. The molecule has 0 aliphatic heterocycles. The van der Waals surface area contributed by atoms with Gasteiger partial charge in [0.25, 0.3) is 0 Å². The molecule has 106 valence electrons. The monoisotopic (exact) mass is 333 g/mol. The van der Waals surface area contributed by atoms with Gasteiger partial charge in [-0.1, -0.05) is 15.9 Å². The Hall–Kier alpha value is -1.14. The largest absolute Gasteiger partial charge is 0.494 e. The van der Waals surface area contributed by atoms with Gasteiger partial charge in [-0.2, -0.15) is 0 Å². The molecule has 19 heavy (non-hydrogen) atoms. The smallest absolute Gasteiger partial charge is 0.342 e. The maximum atomic E-state index is 13.9. The van der Waals surface area contributed by atoms with Crippen LogP contribution in [-0.4, -0.2) is 25.4 Å². The molecule has 0 amide bonds. The number of ether oxygens (including phenoxy) is 2. The molecule has 6 heteroatoms. The molecule has 0 saturated heterocycles. The number of carbonyl (C=O) groups is 1. The molecule has 0 fully saturated rings. The Kier molecular flexibility index (Phi) is 6.24. The number of nitrogens with two attached hydrogens (primary N) is 1. The Labute approximate surface area is 120 Å². The number of hydrogen-bond acceptors (Lipinski definition) is 4. The van der Waals surface area contributed by atoms with Crippen LogP contribution in [0.4, 0.5) is 4.39 Å². The van der Waals surface area contributed by atoms with Crippen LogP contribution < -0.4 is 10.5 Å². The minimum absolute atomic E-state index is 0.114. The van der Waals surface area contributed by atoms with Crippen LogP contribution in [0.3, 0.4) is 0 Å². The van der Waals surface area contributed by atoms with Crippen molar-refractivity contribution in [3.05, 3.63) is 28.2 Å². The summed E-state index contributed by atoms with van der Waals surface area (Å²) >= 11 is 3.28. The van der Waals surface area contributed by atoms with Crippen molar-refractivity contribution < 1.29 is 18.7 Å². The highest BCUT2D eigenvalue weighted by molar-refractivity contribution is 9.10. The summed E-state index contributed by atoms with van der Waals surface area (Å²) in [4.78, 5) is 11.4. The van der Waals surface area contributed by atoms with Crippen LogP contribution in [0.25, 0.3) is 0 Å². The van der Waals surface area contributed by atoms with Crippen molar-refractivity contribution in [3.63, 3.8) is 0 Å². The second-order valence-electron chi connectivity index (χ2n) is 3.79. The van der Waals surface area contributed by atoms with Crippen molar-refractivity contribution in [2.45, 2.75) is 26.1 Å². The van der Waals surface area contributed by atoms with E-state index in [2.05, 4.69) is 20.7 Å². The average Bonchev–Trinajstić information content (AvgIpc) is 2.39. The third-order valence-corrected chi connectivity index (χ3v) is 2.95. The van der Waals surface area contributed by atoms with E-state index in [1.165, 1.54) is 0 Å². The van der Waals surface area contributed by atoms with E-state index < -0.39 is 18.2 Å². The number of benzene rings is 1. The zero-order chi connectivity index (χ0) is 14.4. The Morgan fingerprint density at radius 2 is 2.11 bits per heavy atom. The Morgan fingerprint density at radius 3 is 2.68 bits per heavy atom. The van der Waals surface area contributed by atoms with Crippen molar-refractivity contribution in [2.75, 3.05) is 13.2 Å². The van der Waals surface area contributed by atoms with Crippen molar-refractivity contribution in [1.82, 2.24) is 0 Å². The van der Waals surface area contributed by atoms with Crippen molar-refractivity contribution >= 4 is 21.9 Å². The first kappa shape index (κ1) is 15.9. The highest BCUT2D eigenvalue weighted by Gasteiger charge is 2.30. The number of halogens is 2. The molecule has 4 nitrogen and oxygen atoms in total. The van der Waals surface area contributed by atoms with E-state index in [1.807, 2.05) is 6.92 Å². The lowest BCUT2D eigenvalue weighted by molar-refractivity contribution is -0.149. The van der Waals surface area contributed by atoms with Gasteiger partial charge in [-0.05, 0) is 32.0 Å². The lowest BCUT2D eigenvalue weighted by Crippen LogP contribution is -2.31. The van der Waals surface area contributed by atoms with E-state index in [4.69, 9.17) is 10.5 Å². The number of hydrogen-bond donors (Lipinski definition) is 1. The molecular formula is C13H17BrFNO3. The summed E-state index contributed by atoms with van der Waals surface area (Å²) in [6.45, 7) is 3.97. The minimum Gasteiger partial charge on any atom is -0.494 e. The topological polar surface area (TPSA) is 61.5 Å². The van der Waals surface area contributed by atoms with E-state index in [1.54, 1.807) is 25.1 Å². The predicted molar refractivity (Wildman–Crippen MR) is 73.8 cm³/mol. The molecule has 0 heterocycles. The molecule has 2 N–H and O–H groups in total. The fraction of sp³-hybridized carbons (Fsp3) is 0.462. The summed E-state index contributed by atoms with van der Waals surface area (Å²) < 4.78 is 24.7. The Balaban J connectivity index is 2.99. The maximum absolute atomic E-state index is 13.9. The predicted octanol–water partition coefficient (Wildman–Crippen LogP) is 2.75. The summed E-state index contributed by atoms with van der Waals surface area (Å²) in [5, 5.41) is 0. The zero-order valence-electron chi connectivity index (χ0n) is 10.9. The van der Waals surface area contributed by atoms with E-state index in [9.17, 15) is 9.18 Å². The second kappa shape index (κ2) is 7.45. The van der Waals surface area contributed by atoms with Crippen LogP contribution in [0.15, 0.2) is 22.7 Å². The summed E-state index contributed by atoms with van der Waals surface area (Å²) in [5.74, 6) is -0.498. The Bertz CT molecular complexity index is 442. The van der Waals surface area contributed by atoms with E-state index in [0.29, 0.717) is 17.9 Å². The third-order valence-electron chi connectivity index (χ3n) is 2.46. The molecule has 0 saturated carbocycles. The molecule has 1 unspecified atom stereocenters. The van der Waals surface area contributed by atoms with E-state index >= 15 is 0 Å². The average molecular weight is 334 g/mol. The van der Waals surface area contributed by atoms with Crippen LogP contribution in [0, 0.1) is 0 Å². The van der Waals surface area contributed by atoms with Crippen LogP contribution >= 0.6 is 15.9 Å². The molecular weight excluding hydrogens is 317 g/mol. The molecule has 1 aromatic carbocycles. The summed E-state index contributed by atoms with van der Waals surface area (Å²) in [5.41, 5.74) is 6.22. The zero-order valence-corrected chi connectivity index (χ0v) is 12.4. The lowest BCUT2D eigenvalue weighted by atomic mass is 10.0. The number of carbonyl (C=O) groups excluding carboxylic acids is 1. The molecule has 2 atom stereocenters. The van der Waals surface area contributed by atoms with E-state index in [0.717, 1.165) is 4.47 Å². The molecule has 0 bridgehead atoms. The van der Waals surface area contributed by atoms with Gasteiger partial charge in [0.05, 0.1) is 19.3 Å². The first-order chi connectivity index (χ1) is 9.01. The molecule has 1 aromatic rings. The third kappa shape index (κ3) is 4.18. The highest BCUT2D eigenvalue weighted by Crippen LogP contribution is 2.30. The van der Waals surface area contributed by atoms with Gasteiger partial charge >= 0.3 is 5.97 Å². The van der Waals surface area contributed by atoms with Gasteiger partial charge in [-0.25, -0.2) is 9.18 Å². The van der Waals surface area contributed by atoms with Crippen LogP contribution in [0.2, 0.25) is 0 Å². The molecule has 0 radical (unpaired) electrons. The normalized spacial score (nSPS) is 13.7. The van der Waals surface area contributed by atoms with Gasteiger partial charge in [0, 0.05) is 10.0 Å². The maximum Gasteiger partial charge on any atom is 0.342 e. The summed E-state index contributed by atoms with van der Waals surface area (Å²) in [6.07, 6.45) is -1.92. The highest BCUT2D eigenvalue weighted by atomic mass is 79.9. The van der Waals surface area contributed by atoms with Gasteiger partial charge in [-0.3, -0.25) is 0 Å². The number of esters is 1. The molecule has 0 spiro atoms. The van der Waals surface area contributed by atoms with Gasteiger partial charge in [-0.15, -0.1) is 0 Å². The minimum atomic E-state index is -1.92. The van der Waals surface area contributed by atoms with Crippen molar-refractivity contribution in [1.29, 1.82) is 0 Å². The fourth-order valence-corrected chi connectivity index (χ4v) is 1.97. The SMILES string of the molecule is CCOC(=O)C(F)[C@@H](N)c1cc(Br)ccc1OCC.